The molecule has 100 valence electrons. The van der Waals surface area contributed by atoms with Crippen LogP contribution in [0.2, 0.25) is 0 Å². The first-order valence-corrected chi connectivity index (χ1v) is 7.71. The van der Waals surface area contributed by atoms with E-state index in [9.17, 15) is 0 Å². The third-order valence-corrected chi connectivity index (χ3v) is 4.78. The maximum atomic E-state index is 3.81. The normalized spacial score (nSPS) is 12.7. The van der Waals surface area contributed by atoms with E-state index in [0.717, 1.165) is 0 Å². The number of benzene rings is 2. The number of hydrogen-bond donors (Lipinski definition) is 0. The number of hydrogen-bond acceptors (Lipinski definition) is 0. The molecule has 0 aliphatic rings. The first-order valence-electron chi connectivity index (χ1n) is 6.80. The Balaban J connectivity index is 2.27. The molecule has 0 fully saturated rings. The van der Waals surface area contributed by atoms with Crippen molar-refractivity contribution in [2.24, 2.45) is 0 Å². The van der Waals surface area contributed by atoms with E-state index < -0.39 is 0 Å². The lowest BCUT2D eigenvalue weighted by molar-refractivity contribution is 0.865. The Labute approximate surface area is 125 Å². The van der Waals surface area contributed by atoms with Gasteiger partial charge >= 0.3 is 0 Å². The van der Waals surface area contributed by atoms with Crippen molar-refractivity contribution >= 4 is 15.9 Å². The van der Waals surface area contributed by atoms with E-state index in [0.29, 0.717) is 5.92 Å². The van der Waals surface area contributed by atoms with Gasteiger partial charge in [-0.3, -0.25) is 0 Å². The minimum atomic E-state index is 0.271. The molecule has 0 spiro atoms. The summed E-state index contributed by atoms with van der Waals surface area (Å²) < 4.78 is 0. The van der Waals surface area contributed by atoms with Crippen LogP contribution in [0, 0.1) is 13.8 Å². The Hall–Kier alpha value is -1.08. The lowest BCUT2D eigenvalue weighted by atomic mass is 9.97. The molecule has 2 aromatic rings. The highest BCUT2D eigenvalue weighted by Crippen LogP contribution is 2.32. The second kappa shape index (κ2) is 5.92. The van der Waals surface area contributed by atoms with Gasteiger partial charge in [0.05, 0.1) is 4.83 Å². The van der Waals surface area contributed by atoms with E-state index in [1.54, 1.807) is 0 Å². The summed E-state index contributed by atoms with van der Waals surface area (Å²) in [4.78, 5) is 0.271. The van der Waals surface area contributed by atoms with Crippen molar-refractivity contribution < 1.29 is 0 Å². The predicted molar refractivity (Wildman–Crippen MR) is 87.2 cm³/mol. The van der Waals surface area contributed by atoms with E-state index in [4.69, 9.17) is 0 Å². The summed E-state index contributed by atoms with van der Waals surface area (Å²) in [6.45, 7) is 8.77. The molecule has 0 aliphatic carbocycles. The monoisotopic (exact) mass is 316 g/mol. The summed E-state index contributed by atoms with van der Waals surface area (Å²) in [6, 6.07) is 15.6. The van der Waals surface area contributed by atoms with Crippen molar-refractivity contribution in [3.8, 4) is 0 Å². The molecule has 0 heterocycles. The van der Waals surface area contributed by atoms with Crippen LogP contribution in [0.15, 0.2) is 42.5 Å². The zero-order valence-corrected chi connectivity index (χ0v) is 13.7. The molecule has 2 rings (SSSR count). The van der Waals surface area contributed by atoms with Crippen LogP contribution < -0.4 is 0 Å². The average Bonchev–Trinajstić information content (AvgIpc) is 2.41. The fourth-order valence-electron chi connectivity index (χ4n) is 2.16. The molecule has 0 radical (unpaired) electrons. The lowest BCUT2D eigenvalue weighted by Crippen LogP contribution is -1.95. The van der Waals surface area contributed by atoms with Gasteiger partial charge in [-0.1, -0.05) is 72.2 Å². The molecule has 0 N–H and O–H groups in total. The van der Waals surface area contributed by atoms with Crippen molar-refractivity contribution in [1.82, 2.24) is 0 Å². The van der Waals surface area contributed by atoms with E-state index >= 15 is 0 Å². The van der Waals surface area contributed by atoms with Gasteiger partial charge in [-0.05, 0) is 47.6 Å². The Morgan fingerprint density at radius 3 is 1.79 bits per heavy atom. The highest BCUT2D eigenvalue weighted by atomic mass is 79.9. The zero-order valence-electron chi connectivity index (χ0n) is 12.1. The fraction of sp³-hybridized carbons (Fsp3) is 0.333. The predicted octanol–water partition coefficient (Wildman–Crippen LogP) is 5.91. The van der Waals surface area contributed by atoms with Crippen LogP contribution in [-0.4, -0.2) is 0 Å². The molecule has 0 aliphatic heterocycles. The fourth-order valence-corrected chi connectivity index (χ4v) is 2.75. The van der Waals surface area contributed by atoms with E-state index in [2.05, 4.69) is 86.1 Å². The number of halogens is 1. The van der Waals surface area contributed by atoms with Gasteiger partial charge in [0.2, 0.25) is 0 Å². The quantitative estimate of drug-likeness (QED) is 0.617. The maximum absolute atomic E-state index is 3.81. The molecule has 2 aromatic carbocycles. The molecule has 0 bridgehead atoms. The molecule has 0 aromatic heterocycles. The maximum Gasteiger partial charge on any atom is 0.0644 e. The van der Waals surface area contributed by atoms with Gasteiger partial charge in [0, 0.05) is 0 Å². The second-order valence-electron chi connectivity index (χ2n) is 5.53. The molecule has 0 saturated heterocycles. The van der Waals surface area contributed by atoms with Gasteiger partial charge in [0.15, 0.2) is 0 Å². The second-order valence-corrected chi connectivity index (χ2v) is 6.44. The van der Waals surface area contributed by atoms with E-state index in [1.807, 2.05) is 0 Å². The minimum absolute atomic E-state index is 0.271. The SMILES string of the molecule is Cc1ccc(C(Br)c2ccc(C(C)C)cc2)cc1C. The molecule has 0 nitrogen and oxygen atoms in total. The van der Waals surface area contributed by atoms with Crippen molar-refractivity contribution in [1.29, 1.82) is 0 Å². The van der Waals surface area contributed by atoms with Crippen LogP contribution in [0.5, 0.6) is 0 Å². The number of rotatable bonds is 3. The molecule has 1 unspecified atom stereocenters. The van der Waals surface area contributed by atoms with Crippen molar-refractivity contribution in [3.63, 3.8) is 0 Å². The summed E-state index contributed by atoms with van der Waals surface area (Å²) in [5.41, 5.74) is 6.72. The molecule has 1 atom stereocenters. The Kier molecular flexibility index (Phi) is 4.46. The van der Waals surface area contributed by atoms with Crippen molar-refractivity contribution in [3.05, 3.63) is 70.3 Å². The molecule has 0 amide bonds. The summed E-state index contributed by atoms with van der Waals surface area (Å²) >= 11 is 3.81. The first kappa shape index (κ1) is 14.3. The summed E-state index contributed by atoms with van der Waals surface area (Å²) in [5, 5.41) is 0. The van der Waals surface area contributed by atoms with Crippen molar-refractivity contribution in [2.45, 2.75) is 38.4 Å². The Bertz CT molecular complexity index is 552. The standard InChI is InChI=1S/C18H21Br/c1-12(2)15-7-9-16(10-8-15)18(19)17-6-5-13(3)14(4)11-17/h5-12,18H,1-4H3. The molecule has 1 heteroatoms. The summed E-state index contributed by atoms with van der Waals surface area (Å²) in [5.74, 6) is 0.587. The van der Waals surface area contributed by atoms with E-state index in [-0.39, 0.29) is 4.83 Å². The van der Waals surface area contributed by atoms with Crippen LogP contribution in [0.1, 0.15) is 52.4 Å². The third-order valence-electron chi connectivity index (χ3n) is 3.72. The smallest absolute Gasteiger partial charge is 0.0644 e. The summed E-state index contributed by atoms with van der Waals surface area (Å²) in [6.07, 6.45) is 0. The van der Waals surface area contributed by atoms with Gasteiger partial charge in [-0.15, -0.1) is 0 Å². The molecular weight excluding hydrogens is 296 g/mol. The van der Waals surface area contributed by atoms with Crippen LogP contribution in [0.3, 0.4) is 0 Å². The molecule has 19 heavy (non-hydrogen) atoms. The first-order chi connectivity index (χ1) is 8.99. The van der Waals surface area contributed by atoms with Gasteiger partial charge in [0.25, 0.3) is 0 Å². The Morgan fingerprint density at radius 1 is 0.737 bits per heavy atom. The summed E-state index contributed by atoms with van der Waals surface area (Å²) in [7, 11) is 0. The third kappa shape index (κ3) is 3.27. The van der Waals surface area contributed by atoms with Gasteiger partial charge in [-0.2, -0.15) is 0 Å². The largest absolute Gasteiger partial charge is 0.0786 e. The van der Waals surface area contributed by atoms with Crippen LogP contribution in [-0.2, 0) is 0 Å². The molecular formula is C18H21Br. The highest BCUT2D eigenvalue weighted by Gasteiger charge is 2.11. The zero-order chi connectivity index (χ0) is 14.0. The molecule has 0 saturated carbocycles. The average molecular weight is 317 g/mol. The van der Waals surface area contributed by atoms with E-state index in [1.165, 1.54) is 27.8 Å². The van der Waals surface area contributed by atoms with Crippen LogP contribution in [0.4, 0.5) is 0 Å². The Morgan fingerprint density at radius 2 is 1.26 bits per heavy atom. The lowest BCUT2D eigenvalue weighted by Gasteiger charge is -2.14. The van der Waals surface area contributed by atoms with Crippen LogP contribution >= 0.6 is 15.9 Å². The number of aryl methyl sites for hydroxylation is 2. The van der Waals surface area contributed by atoms with Gasteiger partial charge in [-0.25, -0.2) is 0 Å². The van der Waals surface area contributed by atoms with Crippen molar-refractivity contribution in [2.75, 3.05) is 0 Å². The highest BCUT2D eigenvalue weighted by molar-refractivity contribution is 9.09. The topological polar surface area (TPSA) is 0 Å². The van der Waals surface area contributed by atoms with Gasteiger partial charge in [0.1, 0.15) is 0 Å². The van der Waals surface area contributed by atoms with Gasteiger partial charge < -0.3 is 0 Å². The minimum Gasteiger partial charge on any atom is -0.0786 e. The van der Waals surface area contributed by atoms with Crippen LogP contribution in [0.25, 0.3) is 0 Å². The number of alkyl halides is 1.